The number of anilines is 1. The summed E-state index contributed by atoms with van der Waals surface area (Å²) < 4.78 is 5.22. The van der Waals surface area contributed by atoms with Gasteiger partial charge in [-0.05, 0) is 0 Å². The highest BCUT2D eigenvalue weighted by Gasteiger charge is 2.23. The van der Waals surface area contributed by atoms with E-state index in [2.05, 4.69) is 20.4 Å². The first-order valence-electron chi connectivity index (χ1n) is 7.03. The Morgan fingerprint density at radius 2 is 2.04 bits per heavy atom. The topological polar surface area (TPSA) is 101 Å². The van der Waals surface area contributed by atoms with Gasteiger partial charge in [0.25, 0.3) is 0 Å². The van der Waals surface area contributed by atoms with E-state index in [1.165, 1.54) is 0 Å². The molecule has 0 atom stereocenters. The molecule has 7 nitrogen and oxygen atoms in total. The van der Waals surface area contributed by atoms with Gasteiger partial charge in [0.15, 0.2) is 17.1 Å². The van der Waals surface area contributed by atoms with Gasteiger partial charge >= 0.3 is 5.97 Å². The van der Waals surface area contributed by atoms with E-state index in [0.717, 1.165) is 5.69 Å². The minimum Gasteiger partial charge on any atom is -0.477 e. The number of hydrogen-bond donors (Lipinski definition) is 2. The maximum absolute atomic E-state index is 11.5. The summed E-state index contributed by atoms with van der Waals surface area (Å²) in [6.07, 6.45) is 5.48. The molecule has 0 fully saturated rings. The van der Waals surface area contributed by atoms with Gasteiger partial charge in [0.2, 0.25) is 0 Å². The van der Waals surface area contributed by atoms with Crippen molar-refractivity contribution in [3.05, 3.63) is 60.2 Å². The van der Waals surface area contributed by atoms with E-state index in [1.54, 1.807) is 30.7 Å². The predicted molar refractivity (Wildman–Crippen MR) is 83.1 cm³/mol. The Kier molecular flexibility index (Phi) is 4.28. The number of rotatable bonds is 6. The van der Waals surface area contributed by atoms with Crippen LogP contribution in [0, 0.1) is 0 Å². The third kappa shape index (κ3) is 3.34. The number of nitrogens with zero attached hydrogens (tertiary/aromatic N) is 3. The lowest BCUT2D eigenvalue weighted by molar-refractivity contribution is 0.0698. The Morgan fingerprint density at radius 3 is 2.74 bits per heavy atom. The second-order valence-electron chi connectivity index (χ2n) is 4.78. The highest BCUT2D eigenvalue weighted by Crippen LogP contribution is 2.29. The van der Waals surface area contributed by atoms with E-state index in [0.29, 0.717) is 18.5 Å². The van der Waals surface area contributed by atoms with Gasteiger partial charge in [-0.1, -0.05) is 35.5 Å². The third-order valence-corrected chi connectivity index (χ3v) is 3.23. The van der Waals surface area contributed by atoms with Gasteiger partial charge in [-0.25, -0.2) is 4.79 Å². The monoisotopic (exact) mass is 310 g/mol. The van der Waals surface area contributed by atoms with Crippen molar-refractivity contribution in [3.8, 4) is 11.3 Å². The first-order valence-corrected chi connectivity index (χ1v) is 7.03. The van der Waals surface area contributed by atoms with Gasteiger partial charge in [-0.2, -0.15) is 0 Å². The van der Waals surface area contributed by atoms with Crippen LogP contribution in [-0.4, -0.2) is 32.7 Å². The smallest absolute Gasteiger partial charge is 0.343 e. The van der Waals surface area contributed by atoms with Crippen LogP contribution in [0.5, 0.6) is 0 Å². The summed E-state index contributed by atoms with van der Waals surface area (Å²) in [5, 5.41) is 16.3. The highest BCUT2D eigenvalue weighted by molar-refractivity contribution is 5.99. The minimum atomic E-state index is -1.09. The van der Waals surface area contributed by atoms with Gasteiger partial charge in [-0.3, -0.25) is 9.97 Å². The molecular weight excluding hydrogens is 296 g/mol. The number of aromatic carboxylic acids is 1. The Labute approximate surface area is 132 Å². The lowest BCUT2D eigenvalue weighted by Crippen LogP contribution is -2.10. The van der Waals surface area contributed by atoms with Crippen molar-refractivity contribution in [1.82, 2.24) is 15.1 Å². The lowest BCUT2D eigenvalue weighted by atomic mass is 10.1. The van der Waals surface area contributed by atoms with Crippen LogP contribution in [0.25, 0.3) is 11.3 Å². The first-order chi connectivity index (χ1) is 11.3. The molecule has 0 unspecified atom stereocenters. The molecule has 0 aliphatic carbocycles. The van der Waals surface area contributed by atoms with Crippen molar-refractivity contribution in [2.45, 2.75) is 6.42 Å². The van der Waals surface area contributed by atoms with Crippen LogP contribution in [0.2, 0.25) is 0 Å². The van der Waals surface area contributed by atoms with Gasteiger partial charge in [0.1, 0.15) is 0 Å². The number of carboxylic acids is 1. The van der Waals surface area contributed by atoms with Crippen molar-refractivity contribution in [2.24, 2.45) is 0 Å². The standard InChI is InChI=1S/C16H14N4O3/c21-16(22)13-14(11-4-2-1-3-5-11)23-20-15(13)19-7-6-12-10-17-8-9-18-12/h1-5,8-10H,6-7H2,(H,19,20)(H,21,22). The van der Waals surface area contributed by atoms with Gasteiger partial charge in [0.05, 0.1) is 5.69 Å². The molecule has 23 heavy (non-hydrogen) atoms. The number of nitrogens with one attached hydrogen (secondary N) is 1. The largest absolute Gasteiger partial charge is 0.477 e. The van der Waals surface area contributed by atoms with E-state index in [-0.39, 0.29) is 17.1 Å². The molecule has 2 heterocycles. The molecule has 7 heteroatoms. The van der Waals surface area contributed by atoms with Crippen LogP contribution in [-0.2, 0) is 6.42 Å². The van der Waals surface area contributed by atoms with E-state index in [9.17, 15) is 9.90 Å². The molecule has 3 rings (SSSR count). The SMILES string of the molecule is O=C(O)c1c(NCCc2cnccn2)noc1-c1ccccc1. The van der Waals surface area contributed by atoms with Crippen molar-refractivity contribution >= 4 is 11.8 Å². The summed E-state index contributed by atoms with van der Waals surface area (Å²) in [6.45, 7) is 0.472. The molecular formula is C16H14N4O3. The van der Waals surface area contributed by atoms with Crippen LogP contribution in [0.1, 0.15) is 16.1 Å². The van der Waals surface area contributed by atoms with Crippen LogP contribution in [0.15, 0.2) is 53.4 Å². The third-order valence-electron chi connectivity index (χ3n) is 3.23. The molecule has 0 amide bonds. The number of aromatic nitrogens is 3. The fourth-order valence-corrected chi connectivity index (χ4v) is 2.16. The molecule has 2 N–H and O–H groups in total. The zero-order chi connectivity index (χ0) is 16.1. The summed E-state index contributed by atoms with van der Waals surface area (Å²) >= 11 is 0. The van der Waals surface area contributed by atoms with Gasteiger partial charge < -0.3 is 14.9 Å². The molecule has 116 valence electrons. The maximum Gasteiger partial charge on any atom is 0.343 e. The molecule has 1 aromatic carbocycles. The van der Waals surface area contributed by atoms with Gasteiger partial charge in [0, 0.05) is 37.1 Å². The van der Waals surface area contributed by atoms with E-state index in [4.69, 9.17) is 4.52 Å². The number of hydrogen-bond acceptors (Lipinski definition) is 6. The Bertz CT molecular complexity index is 788. The molecule has 0 saturated heterocycles. The quantitative estimate of drug-likeness (QED) is 0.721. The van der Waals surface area contributed by atoms with Crippen LogP contribution >= 0.6 is 0 Å². The first kappa shape index (κ1) is 14.7. The molecule has 0 aliphatic rings. The molecule has 0 aliphatic heterocycles. The lowest BCUT2D eigenvalue weighted by Gasteiger charge is -2.03. The van der Waals surface area contributed by atoms with Crippen molar-refractivity contribution in [1.29, 1.82) is 0 Å². The molecule has 2 aromatic heterocycles. The van der Waals surface area contributed by atoms with Crippen LogP contribution < -0.4 is 5.32 Å². The van der Waals surface area contributed by atoms with Crippen molar-refractivity contribution in [2.75, 3.05) is 11.9 Å². The molecule has 3 aromatic rings. The average Bonchev–Trinajstić information content (AvgIpc) is 3.01. The Hall–Kier alpha value is -3.22. The number of carboxylic acid groups (broad SMARTS) is 1. The van der Waals surface area contributed by atoms with Crippen LogP contribution in [0.3, 0.4) is 0 Å². The number of benzene rings is 1. The van der Waals surface area contributed by atoms with Gasteiger partial charge in [-0.15, -0.1) is 0 Å². The summed E-state index contributed by atoms with van der Waals surface area (Å²) in [5.41, 5.74) is 1.50. The fourth-order valence-electron chi connectivity index (χ4n) is 2.16. The Balaban J connectivity index is 1.77. The van der Waals surface area contributed by atoms with Crippen molar-refractivity contribution in [3.63, 3.8) is 0 Å². The van der Waals surface area contributed by atoms with E-state index < -0.39 is 5.97 Å². The second-order valence-corrected chi connectivity index (χ2v) is 4.78. The average molecular weight is 310 g/mol. The predicted octanol–water partition coefficient (Wildman–Crippen LogP) is 2.48. The zero-order valence-corrected chi connectivity index (χ0v) is 12.1. The number of carbonyl (C=O) groups is 1. The fraction of sp³-hybridized carbons (Fsp3) is 0.125. The molecule has 0 radical (unpaired) electrons. The van der Waals surface area contributed by atoms with E-state index >= 15 is 0 Å². The summed E-state index contributed by atoms with van der Waals surface area (Å²) in [5.74, 6) is -0.646. The maximum atomic E-state index is 11.5. The zero-order valence-electron chi connectivity index (χ0n) is 12.1. The molecule has 0 bridgehead atoms. The van der Waals surface area contributed by atoms with Crippen molar-refractivity contribution < 1.29 is 14.4 Å². The minimum absolute atomic E-state index is 0.0235. The van der Waals surface area contributed by atoms with Crippen LogP contribution in [0.4, 0.5) is 5.82 Å². The Morgan fingerprint density at radius 1 is 1.22 bits per heavy atom. The molecule has 0 saturated carbocycles. The summed E-state index contributed by atoms with van der Waals surface area (Å²) in [6, 6.07) is 9.02. The highest BCUT2D eigenvalue weighted by atomic mass is 16.5. The normalized spacial score (nSPS) is 10.4. The summed E-state index contributed by atoms with van der Waals surface area (Å²) in [7, 11) is 0. The molecule has 0 spiro atoms. The summed E-state index contributed by atoms with van der Waals surface area (Å²) in [4.78, 5) is 19.7. The second kappa shape index (κ2) is 6.69. The van der Waals surface area contributed by atoms with E-state index in [1.807, 2.05) is 18.2 Å².